The Morgan fingerprint density at radius 2 is 1.09 bits per heavy atom. The Morgan fingerprint density at radius 3 is 1.65 bits per heavy atom. The molecule has 7 heteroatoms. The van der Waals surface area contributed by atoms with Gasteiger partial charge in [-0.1, -0.05) is 49.4 Å². The molecular formula is C27H18F6O. The van der Waals surface area contributed by atoms with Gasteiger partial charge in [0.2, 0.25) is 0 Å². The first kappa shape index (κ1) is 23.4. The molecule has 0 radical (unpaired) electrons. The summed E-state index contributed by atoms with van der Waals surface area (Å²) in [5.74, 6) is -5.33. The Bertz CT molecular complexity index is 1290. The third kappa shape index (κ3) is 4.78. The van der Waals surface area contributed by atoms with E-state index in [1.165, 1.54) is 18.2 Å². The standard InChI is InChI=1S/C27H18F6O/c1-2-16-3-5-18(6-4-16)20-14-24(30)26(25(31)15-20)27(32,33)34-21-10-7-17(8-11-21)19-9-12-22(28)23(29)13-19/h3-15H,2H2,1H3. The highest BCUT2D eigenvalue weighted by Gasteiger charge is 2.41. The van der Waals surface area contributed by atoms with Crippen LogP contribution in [-0.2, 0) is 12.5 Å². The van der Waals surface area contributed by atoms with E-state index >= 15 is 0 Å². The number of rotatable bonds is 6. The summed E-state index contributed by atoms with van der Waals surface area (Å²) in [6.45, 7) is 1.96. The third-order valence-electron chi connectivity index (χ3n) is 5.38. The first-order valence-corrected chi connectivity index (χ1v) is 10.4. The zero-order valence-corrected chi connectivity index (χ0v) is 17.9. The van der Waals surface area contributed by atoms with Crippen LogP contribution in [0.3, 0.4) is 0 Å². The van der Waals surface area contributed by atoms with Crippen LogP contribution in [0.25, 0.3) is 22.3 Å². The summed E-state index contributed by atoms with van der Waals surface area (Å²) in [5, 5.41) is 0. The Kier molecular flexibility index (Phi) is 6.37. The Labute approximate surface area is 192 Å². The quantitative estimate of drug-likeness (QED) is 0.257. The summed E-state index contributed by atoms with van der Waals surface area (Å²) in [5.41, 5.74) is 0.844. The predicted octanol–water partition coefficient (Wildman–Crippen LogP) is 8.27. The van der Waals surface area contributed by atoms with E-state index in [9.17, 15) is 26.3 Å². The highest BCUT2D eigenvalue weighted by atomic mass is 19.3. The van der Waals surface area contributed by atoms with Gasteiger partial charge in [0.05, 0.1) is 0 Å². The summed E-state index contributed by atoms with van der Waals surface area (Å²) in [6, 6.07) is 16.8. The van der Waals surface area contributed by atoms with Gasteiger partial charge in [-0.25, -0.2) is 17.6 Å². The molecule has 0 spiro atoms. The maximum atomic E-state index is 14.7. The van der Waals surface area contributed by atoms with Crippen molar-refractivity contribution in [3.05, 3.63) is 113 Å². The maximum Gasteiger partial charge on any atom is 0.432 e. The van der Waals surface area contributed by atoms with E-state index in [1.807, 2.05) is 6.92 Å². The first-order chi connectivity index (χ1) is 16.2. The van der Waals surface area contributed by atoms with Crippen molar-refractivity contribution in [2.24, 2.45) is 0 Å². The summed E-state index contributed by atoms with van der Waals surface area (Å²) in [7, 11) is 0. The van der Waals surface area contributed by atoms with E-state index < -0.39 is 34.9 Å². The van der Waals surface area contributed by atoms with Crippen LogP contribution in [-0.4, -0.2) is 0 Å². The zero-order chi connectivity index (χ0) is 24.5. The maximum absolute atomic E-state index is 14.7. The fraction of sp³-hybridized carbons (Fsp3) is 0.111. The molecule has 0 heterocycles. The number of hydrogen-bond donors (Lipinski definition) is 0. The smallest absolute Gasteiger partial charge is 0.429 e. The van der Waals surface area contributed by atoms with Crippen LogP contribution in [0.4, 0.5) is 26.3 Å². The number of halogens is 6. The Hall–Kier alpha value is -3.74. The van der Waals surface area contributed by atoms with Crippen LogP contribution in [0.1, 0.15) is 18.1 Å². The normalized spacial score (nSPS) is 11.5. The summed E-state index contributed by atoms with van der Waals surface area (Å²) in [6.07, 6.45) is -3.52. The largest absolute Gasteiger partial charge is 0.432 e. The second-order valence-corrected chi connectivity index (χ2v) is 7.64. The SMILES string of the molecule is CCc1ccc(-c2cc(F)c(C(F)(F)Oc3ccc(-c4ccc(F)c(F)c4)cc3)c(F)c2)cc1. The molecular weight excluding hydrogens is 454 g/mol. The number of benzene rings is 4. The van der Waals surface area contributed by atoms with Gasteiger partial charge in [0.1, 0.15) is 22.9 Å². The molecule has 0 fully saturated rings. The lowest BCUT2D eigenvalue weighted by molar-refractivity contribution is -0.189. The van der Waals surface area contributed by atoms with Gasteiger partial charge in [-0.05, 0) is 70.6 Å². The minimum Gasteiger partial charge on any atom is -0.429 e. The molecule has 0 N–H and O–H groups in total. The van der Waals surface area contributed by atoms with Crippen molar-refractivity contribution in [3.8, 4) is 28.0 Å². The van der Waals surface area contributed by atoms with Crippen molar-refractivity contribution in [1.82, 2.24) is 0 Å². The van der Waals surface area contributed by atoms with E-state index in [4.69, 9.17) is 0 Å². The molecule has 0 amide bonds. The second kappa shape index (κ2) is 9.25. The molecule has 0 unspecified atom stereocenters. The predicted molar refractivity (Wildman–Crippen MR) is 117 cm³/mol. The average molecular weight is 472 g/mol. The van der Waals surface area contributed by atoms with Crippen LogP contribution in [0.15, 0.2) is 78.9 Å². The molecule has 0 aliphatic carbocycles. The number of aryl methyl sites for hydroxylation is 1. The van der Waals surface area contributed by atoms with Gasteiger partial charge in [-0.2, -0.15) is 8.78 Å². The summed E-state index contributed by atoms with van der Waals surface area (Å²) < 4.78 is 89.9. The molecule has 0 saturated heterocycles. The summed E-state index contributed by atoms with van der Waals surface area (Å²) >= 11 is 0. The van der Waals surface area contributed by atoms with Gasteiger partial charge in [-0.15, -0.1) is 0 Å². The van der Waals surface area contributed by atoms with Crippen LogP contribution in [0, 0.1) is 23.3 Å². The second-order valence-electron chi connectivity index (χ2n) is 7.64. The van der Waals surface area contributed by atoms with Crippen molar-refractivity contribution in [2.45, 2.75) is 19.5 Å². The zero-order valence-electron chi connectivity index (χ0n) is 17.9. The van der Waals surface area contributed by atoms with Crippen LogP contribution in [0.5, 0.6) is 5.75 Å². The van der Waals surface area contributed by atoms with E-state index in [0.29, 0.717) is 16.7 Å². The molecule has 0 atom stereocenters. The number of hydrogen-bond acceptors (Lipinski definition) is 1. The van der Waals surface area contributed by atoms with Crippen LogP contribution in [0.2, 0.25) is 0 Å². The lowest BCUT2D eigenvalue weighted by Crippen LogP contribution is -2.25. The molecule has 174 valence electrons. The minimum absolute atomic E-state index is 0.119. The molecule has 4 aromatic carbocycles. The van der Waals surface area contributed by atoms with E-state index in [1.54, 1.807) is 24.3 Å². The molecule has 0 aromatic heterocycles. The van der Waals surface area contributed by atoms with Gasteiger partial charge in [0.15, 0.2) is 11.6 Å². The highest BCUT2D eigenvalue weighted by Crippen LogP contribution is 2.37. The van der Waals surface area contributed by atoms with Crippen molar-refractivity contribution in [2.75, 3.05) is 0 Å². The monoisotopic (exact) mass is 472 g/mol. The van der Waals surface area contributed by atoms with Crippen molar-refractivity contribution < 1.29 is 31.1 Å². The average Bonchev–Trinajstić information content (AvgIpc) is 2.80. The Balaban J connectivity index is 1.58. The van der Waals surface area contributed by atoms with Crippen LogP contribution >= 0.6 is 0 Å². The molecule has 34 heavy (non-hydrogen) atoms. The third-order valence-corrected chi connectivity index (χ3v) is 5.38. The molecule has 0 bridgehead atoms. The highest BCUT2D eigenvalue weighted by molar-refractivity contribution is 5.65. The van der Waals surface area contributed by atoms with Crippen molar-refractivity contribution >= 4 is 0 Å². The lowest BCUT2D eigenvalue weighted by atomic mass is 10.0. The van der Waals surface area contributed by atoms with Gasteiger partial charge in [-0.3, -0.25) is 0 Å². The fourth-order valence-electron chi connectivity index (χ4n) is 3.54. The van der Waals surface area contributed by atoms with Gasteiger partial charge in [0, 0.05) is 0 Å². The van der Waals surface area contributed by atoms with Gasteiger partial charge in [0.25, 0.3) is 0 Å². The number of ether oxygens (including phenoxy) is 1. The Morgan fingerprint density at radius 1 is 0.588 bits per heavy atom. The molecule has 4 rings (SSSR count). The van der Waals surface area contributed by atoms with Crippen molar-refractivity contribution in [1.29, 1.82) is 0 Å². The lowest BCUT2D eigenvalue weighted by Gasteiger charge is -2.20. The number of alkyl halides is 2. The first-order valence-electron chi connectivity index (χ1n) is 10.4. The molecule has 4 aromatic rings. The fourth-order valence-corrected chi connectivity index (χ4v) is 3.54. The van der Waals surface area contributed by atoms with E-state index in [2.05, 4.69) is 4.74 Å². The summed E-state index contributed by atoms with van der Waals surface area (Å²) in [4.78, 5) is 0. The van der Waals surface area contributed by atoms with Crippen LogP contribution < -0.4 is 4.74 Å². The topological polar surface area (TPSA) is 9.23 Å². The van der Waals surface area contributed by atoms with Crippen molar-refractivity contribution in [3.63, 3.8) is 0 Å². The van der Waals surface area contributed by atoms with E-state index in [0.717, 1.165) is 48.4 Å². The van der Waals surface area contributed by atoms with Gasteiger partial charge < -0.3 is 4.74 Å². The minimum atomic E-state index is -4.30. The molecule has 0 saturated carbocycles. The molecule has 0 aliphatic rings. The molecule has 1 nitrogen and oxygen atoms in total. The van der Waals surface area contributed by atoms with Gasteiger partial charge >= 0.3 is 6.11 Å². The van der Waals surface area contributed by atoms with E-state index in [-0.39, 0.29) is 11.3 Å². The molecule has 0 aliphatic heterocycles.